The second kappa shape index (κ2) is 4.62. The van der Waals surface area contributed by atoms with Gasteiger partial charge in [-0.1, -0.05) is 12.1 Å². The number of hydrogen-bond acceptors (Lipinski definition) is 3. The Morgan fingerprint density at radius 1 is 1.39 bits per heavy atom. The molecule has 1 aromatic rings. The maximum Gasteiger partial charge on any atom is 0.101 e. The topological polar surface area (TPSA) is 39.1 Å². The zero-order chi connectivity index (χ0) is 12.5. The highest BCUT2D eigenvalue weighted by Crippen LogP contribution is 2.32. The monoisotopic (exact) mass is 241 g/mol. The van der Waals surface area contributed by atoms with Crippen LogP contribution in [0, 0.1) is 24.2 Å². The third-order valence-electron chi connectivity index (χ3n) is 4.27. The first kappa shape index (κ1) is 11.6. The van der Waals surface area contributed by atoms with Gasteiger partial charge < -0.3 is 10.2 Å². The van der Waals surface area contributed by atoms with Crippen LogP contribution in [0.25, 0.3) is 0 Å². The van der Waals surface area contributed by atoms with E-state index in [9.17, 15) is 5.26 Å². The van der Waals surface area contributed by atoms with Crippen molar-refractivity contribution in [2.45, 2.75) is 25.8 Å². The number of fused-ring (bicyclic) bond motifs is 1. The molecule has 0 bridgehead atoms. The number of hydrogen-bond donors (Lipinski definition) is 1. The van der Waals surface area contributed by atoms with Crippen molar-refractivity contribution in [3.05, 3.63) is 29.3 Å². The molecule has 2 saturated heterocycles. The van der Waals surface area contributed by atoms with Gasteiger partial charge in [0.05, 0.1) is 11.3 Å². The van der Waals surface area contributed by atoms with E-state index >= 15 is 0 Å². The van der Waals surface area contributed by atoms with E-state index in [-0.39, 0.29) is 0 Å². The van der Waals surface area contributed by atoms with E-state index in [0.717, 1.165) is 36.8 Å². The number of para-hydroxylation sites is 1. The molecule has 2 aliphatic rings. The average Bonchev–Trinajstić information content (AvgIpc) is 2.81. The maximum atomic E-state index is 9.27. The van der Waals surface area contributed by atoms with Gasteiger partial charge in [-0.3, -0.25) is 0 Å². The highest BCUT2D eigenvalue weighted by atomic mass is 15.2. The second-order valence-electron chi connectivity index (χ2n) is 5.45. The molecule has 0 spiro atoms. The lowest BCUT2D eigenvalue weighted by atomic mass is 9.94. The molecule has 0 saturated carbocycles. The third kappa shape index (κ3) is 1.87. The maximum absolute atomic E-state index is 9.27. The predicted octanol–water partition coefficient (Wildman–Crippen LogP) is 2.05. The molecule has 0 aliphatic carbocycles. The molecule has 2 aliphatic heterocycles. The Labute approximate surface area is 108 Å². The van der Waals surface area contributed by atoms with Gasteiger partial charge in [0, 0.05) is 19.1 Å². The van der Waals surface area contributed by atoms with Gasteiger partial charge in [-0.25, -0.2) is 0 Å². The quantitative estimate of drug-likeness (QED) is 0.818. The summed E-state index contributed by atoms with van der Waals surface area (Å²) in [5, 5.41) is 12.9. The minimum Gasteiger partial charge on any atom is -0.368 e. The highest BCUT2D eigenvalue weighted by Gasteiger charge is 2.35. The molecule has 94 valence electrons. The summed E-state index contributed by atoms with van der Waals surface area (Å²) in [7, 11) is 0. The van der Waals surface area contributed by atoms with Crippen molar-refractivity contribution in [2.75, 3.05) is 24.5 Å². The van der Waals surface area contributed by atoms with Crippen LogP contribution in [0.4, 0.5) is 5.69 Å². The van der Waals surface area contributed by atoms with Crippen molar-refractivity contribution in [3.8, 4) is 6.07 Å². The first-order chi connectivity index (χ1) is 8.79. The van der Waals surface area contributed by atoms with Gasteiger partial charge >= 0.3 is 0 Å². The molecule has 1 aromatic carbocycles. The van der Waals surface area contributed by atoms with Crippen LogP contribution in [-0.2, 0) is 0 Å². The fourth-order valence-corrected chi connectivity index (χ4v) is 3.40. The first-order valence-electron chi connectivity index (χ1n) is 6.77. The Hall–Kier alpha value is -1.53. The number of nitrogens with zero attached hydrogens (tertiary/aromatic N) is 2. The van der Waals surface area contributed by atoms with E-state index in [1.807, 2.05) is 12.1 Å². The second-order valence-corrected chi connectivity index (χ2v) is 5.45. The number of anilines is 1. The van der Waals surface area contributed by atoms with E-state index in [0.29, 0.717) is 6.04 Å². The van der Waals surface area contributed by atoms with Crippen molar-refractivity contribution >= 4 is 5.69 Å². The predicted molar refractivity (Wildman–Crippen MR) is 72.6 cm³/mol. The van der Waals surface area contributed by atoms with Crippen LogP contribution in [0.1, 0.15) is 24.0 Å². The van der Waals surface area contributed by atoms with Crippen LogP contribution in [0.15, 0.2) is 18.2 Å². The molecule has 2 fully saturated rings. The van der Waals surface area contributed by atoms with E-state index < -0.39 is 0 Å². The zero-order valence-corrected chi connectivity index (χ0v) is 10.8. The summed E-state index contributed by atoms with van der Waals surface area (Å²) in [4.78, 5) is 2.40. The van der Waals surface area contributed by atoms with Gasteiger partial charge in [-0.2, -0.15) is 5.26 Å². The Balaban J connectivity index is 1.90. The molecule has 3 nitrogen and oxygen atoms in total. The summed E-state index contributed by atoms with van der Waals surface area (Å²) in [6.07, 6.45) is 2.61. The number of benzene rings is 1. The van der Waals surface area contributed by atoms with Gasteiger partial charge in [0.25, 0.3) is 0 Å². The molecule has 2 atom stereocenters. The van der Waals surface area contributed by atoms with E-state index in [1.54, 1.807) is 0 Å². The molecule has 0 amide bonds. The lowest BCUT2D eigenvalue weighted by molar-refractivity contribution is 0.340. The summed E-state index contributed by atoms with van der Waals surface area (Å²) in [5.74, 6) is 0.755. The highest BCUT2D eigenvalue weighted by molar-refractivity contribution is 5.64. The summed E-state index contributed by atoms with van der Waals surface area (Å²) >= 11 is 0. The fraction of sp³-hybridized carbons (Fsp3) is 0.533. The largest absolute Gasteiger partial charge is 0.368 e. The van der Waals surface area contributed by atoms with Crippen molar-refractivity contribution in [2.24, 2.45) is 5.92 Å². The summed E-state index contributed by atoms with van der Waals surface area (Å²) in [5.41, 5.74) is 3.18. The van der Waals surface area contributed by atoms with Gasteiger partial charge in [-0.05, 0) is 43.9 Å². The molecule has 0 radical (unpaired) electrons. The summed E-state index contributed by atoms with van der Waals surface area (Å²) in [6.45, 7) is 5.39. The molecular weight excluding hydrogens is 222 g/mol. The van der Waals surface area contributed by atoms with E-state index in [4.69, 9.17) is 0 Å². The molecule has 18 heavy (non-hydrogen) atoms. The number of nitrogens with one attached hydrogen (secondary N) is 1. The zero-order valence-electron chi connectivity index (χ0n) is 10.8. The number of rotatable bonds is 1. The number of aryl methyl sites for hydroxylation is 1. The molecule has 3 rings (SSSR count). The first-order valence-corrected chi connectivity index (χ1v) is 6.77. The Morgan fingerprint density at radius 3 is 3.06 bits per heavy atom. The molecule has 2 heterocycles. The van der Waals surface area contributed by atoms with Crippen molar-refractivity contribution in [1.82, 2.24) is 5.32 Å². The molecule has 1 N–H and O–H groups in total. The fourth-order valence-electron chi connectivity index (χ4n) is 3.40. The van der Waals surface area contributed by atoms with E-state index in [1.165, 1.54) is 18.4 Å². The van der Waals surface area contributed by atoms with Crippen LogP contribution in [-0.4, -0.2) is 25.7 Å². The standard InChI is InChI=1S/C15H19N3/c1-11-4-2-5-12(8-16)15(11)18-9-13-6-3-7-17-14(13)10-18/h2,4-5,13-14,17H,3,6-7,9-10H2,1H3. The van der Waals surface area contributed by atoms with E-state index in [2.05, 4.69) is 29.3 Å². The minimum absolute atomic E-state index is 0.616. The van der Waals surface area contributed by atoms with Gasteiger partial charge in [0.15, 0.2) is 0 Å². The Morgan fingerprint density at radius 2 is 2.28 bits per heavy atom. The van der Waals surface area contributed by atoms with Crippen LogP contribution in [0.3, 0.4) is 0 Å². The average molecular weight is 241 g/mol. The molecule has 3 heteroatoms. The lowest BCUT2D eigenvalue weighted by Gasteiger charge is -2.24. The van der Waals surface area contributed by atoms with Crippen LogP contribution in [0.2, 0.25) is 0 Å². The molecule has 2 unspecified atom stereocenters. The SMILES string of the molecule is Cc1cccc(C#N)c1N1CC2CCCNC2C1. The van der Waals surface area contributed by atoms with Crippen molar-refractivity contribution < 1.29 is 0 Å². The van der Waals surface area contributed by atoms with Crippen LogP contribution >= 0.6 is 0 Å². The molecular formula is C15H19N3. The van der Waals surface area contributed by atoms with Gasteiger partial charge in [0.2, 0.25) is 0 Å². The molecule has 0 aromatic heterocycles. The van der Waals surface area contributed by atoms with Crippen molar-refractivity contribution in [1.29, 1.82) is 5.26 Å². The van der Waals surface area contributed by atoms with Gasteiger partial charge in [-0.15, -0.1) is 0 Å². The van der Waals surface area contributed by atoms with Crippen LogP contribution < -0.4 is 10.2 Å². The normalized spacial score (nSPS) is 26.8. The third-order valence-corrected chi connectivity index (χ3v) is 4.27. The van der Waals surface area contributed by atoms with Crippen molar-refractivity contribution in [3.63, 3.8) is 0 Å². The minimum atomic E-state index is 0.616. The number of nitriles is 1. The smallest absolute Gasteiger partial charge is 0.101 e. The lowest BCUT2D eigenvalue weighted by Crippen LogP contribution is -2.40. The van der Waals surface area contributed by atoms with Gasteiger partial charge in [0.1, 0.15) is 6.07 Å². The summed E-state index contributed by atoms with van der Waals surface area (Å²) in [6, 6.07) is 8.95. The van der Waals surface area contributed by atoms with Crippen LogP contribution in [0.5, 0.6) is 0 Å². The summed E-state index contributed by atoms with van der Waals surface area (Å²) < 4.78 is 0. The Bertz CT molecular complexity index is 475. The number of piperidine rings is 1. The Kier molecular flexibility index (Phi) is 2.97.